The second-order valence-corrected chi connectivity index (χ2v) is 2.13. The van der Waals surface area contributed by atoms with E-state index in [2.05, 4.69) is 16.1 Å². The lowest BCUT2D eigenvalue weighted by Gasteiger charge is -1.98. The van der Waals surface area contributed by atoms with Crippen molar-refractivity contribution in [1.82, 2.24) is 0 Å². The number of ether oxygens (including phenoxy) is 2. The second-order valence-electron chi connectivity index (χ2n) is 2.13. The van der Waals surface area contributed by atoms with Crippen LogP contribution in [0, 0.1) is 0 Å². The molecule has 0 aliphatic rings. The van der Waals surface area contributed by atoms with Gasteiger partial charge in [0.2, 0.25) is 0 Å². The first-order chi connectivity index (χ1) is 5.16. The maximum absolute atomic E-state index is 10.5. The van der Waals surface area contributed by atoms with Gasteiger partial charge in [-0.25, -0.2) is 4.79 Å². The molecule has 0 amide bonds. The van der Waals surface area contributed by atoms with E-state index in [1.807, 2.05) is 13.8 Å². The molecular formula is C8H12O3. The van der Waals surface area contributed by atoms with Crippen molar-refractivity contribution >= 4 is 6.16 Å². The van der Waals surface area contributed by atoms with Gasteiger partial charge in [0.25, 0.3) is 0 Å². The third-order valence-electron chi connectivity index (χ3n) is 0.872. The van der Waals surface area contributed by atoms with E-state index in [0.29, 0.717) is 0 Å². The summed E-state index contributed by atoms with van der Waals surface area (Å²) in [6, 6.07) is 0. The first-order valence-corrected chi connectivity index (χ1v) is 3.24. The molecule has 0 N–H and O–H groups in total. The number of carbonyl (C=O) groups excluding carboxylic acids is 1. The highest BCUT2D eigenvalue weighted by atomic mass is 16.7. The van der Waals surface area contributed by atoms with Crippen LogP contribution in [0.25, 0.3) is 0 Å². The summed E-state index contributed by atoms with van der Waals surface area (Å²) in [6.45, 7) is 7.29. The van der Waals surface area contributed by atoms with Crippen molar-refractivity contribution in [3.8, 4) is 0 Å². The molecule has 0 rings (SSSR count). The van der Waals surface area contributed by atoms with Crippen molar-refractivity contribution in [3.63, 3.8) is 0 Å². The maximum Gasteiger partial charge on any atom is 0.513 e. The van der Waals surface area contributed by atoms with Gasteiger partial charge < -0.3 is 9.47 Å². The lowest BCUT2D eigenvalue weighted by Crippen LogP contribution is -2.03. The van der Waals surface area contributed by atoms with Gasteiger partial charge >= 0.3 is 6.16 Å². The Balaban J connectivity index is 3.46. The molecular weight excluding hydrogens is 144 g/mol. The molecule has 0 aromatic rings. The fourth-order valence-electron chi connectivity index (χ4n) is 0.378. The third kappa shape index (κ3) is 6.64. The van der Waals surface area contributed by atoms with Crippen LogP contribution in [0.2, 0.25) is 0 Å². The highest BCUT2D eigenvalue weighted by Crippen LogP contribution is 1.90. The quantitative estimate of drug-likeness (QED) is 0.357. The van der Waals surface area contributed by atoms with E-state index >= 15 is 0 Å². The third-order valence-corrected chi connectivity index (χ3v) is 0.872. The molecule has 0 saturated carbocycles. The minimum absolute atomic E-state index is 0.245. The summed E-state index contributed by atoms with van der Waals surface area (Å²) < 4.78 is 8.88. The standard InChI is InChI=1S/C8H12O3/c1-4-10-8(9)11-6-5-7(2)3/h4-5H,1,6H2,2-3H3. The zero-order chi connectivity index (χ0) is 8.69. The van der Waals surface area contributed by atoms with Crippen molar-refractivity contribution in [2.24, 2.45) is 0 Å². The van der Waals surface area contributed by atoms with Crippen LogP contribution in [0.15, 0.2) is 24.5 Å². The van der Waals surface area contributed by atoms with E-state index in [9.17, 15) is 4.79 Å². The molecule has 0 bridgehead atoms. The van der Waals surface area contributed by atoms with E-state index in [0.717, 1.165) is 11.8 Å². The summed E-state index contributed by atoms with van der Waals surface area (Å²) in [5, 5.41) is 0. The molecule has 0 heterocycles. The summed E-state index contributed by atoms with van der Waals surface area (Å²) in [5.41, 5.74) is 1.09. The van der Waals surface area contributed by atoms with E-state index in [-0.39, 0.29) is 6.61 Å². The summed E-state index contributed by atoms with van der Waals surface area (Å²) in [6.07, 6.45) is 2.09. The molecule has 0 aliphatic carbocycles. The fourth-order valence-corrected chi connectivity index (χ4v) is 0.378. The second kappa shape index (κ2) is 5.53. The van der Waals surface area contributed by atoms with Gasteiger partial charge in [0.15, 0.2) is 0 Å². The Hall–Kier alpha value is -1.25. The Bertz CT molecular complexity index is 166. The summed E-state index contributed by atoms with van der Waals surface area (Å²) in [5.74, 6) is 0. The zero-order valence-corrected chi connectivity index (χ0v) is 6.79. The lowest BCUT2D eigenvalue weighted by atomic mass is 10.3. The highest BCUT2D eigenvalue weighted by molar-refractivity contribution is 5.60. The smallest absolute Gasteiger partial charge is 0.430 e. The number of rotatable bonds is 3. The van der Waals surface area contributed by atoms with Crippen LogP contribution in [-0.2, 0) is 9.47 Å². The van der Waals surface area contributed by atoms with Gasteiger partial charge in [-0.2, -0.15) is 0 Å². The molecule has 3 heteroatoms. The average Bonchev–Trinajstić information content (AvgIpc) is 1.87. The molecule has 3 nitrogen and oxygen atoms in total. The van der Waals surface area contributed by atoms with Crippen LogP contribution >= 0.6 is 0 Å². The number of hydrogen-bond donors (Lipinski definition) is 0. The predicted molar refractivity (Wildman–Crippen MR) is 42.1 cm³/mol. The molecule has 0 atom stereocenters. The Morgan fingerprint density at radius 2 is 2.18 bits per heavy atom. The Morgan fingerprint density at radius 3 is 2.64 bits per heavy atom. The fraction of sp³-hybridized carbons (Fsp3) is 0.375. The van der Waals surface area contributed by atoms with Gasteiger partial charge in [0.1, 0.15) is 6.61 Å². The topological polar surface area (TPSA) is 35.5 Å². The Morgan fingerprint density at radius 1 is 1.55 bits per heavy atom. The molecule has 0 unspecified atom stereocenters. The van der Waals surface area contributed by atoms with Crippen molar-refractivity contribution in [2.45, 2.75) is 13.8 Å². The number of carbonyl (C=O) groups is 1. The van der Waals surface area contributed by atoms with Gasteiger partial charge in [0.05, 0.1) is 6.26 Å². The maximum atomic E-state index is 10.5. The molecule has 0 aromatic heterocycles. The number of hydrogen-bond acceptors (Lipinski definition) is 3. The monoisotopic (exact) mass is 156 g/mol. The normalized spacial score (nSPS) is 8.18. The molecule has 62 valence electrons. The van der Waals surface area contributed by atoms with Crippen LogP contribution in [0.5, 0.6) is 0 Å². The van der Waals surface area contributed by atoms with E-state index < -0.39 is 6.16 Å². The van der Waals surface area contributed by atoms with Crippen LogP contribution in [0.4, 0.5) is 4.79 Å². The summed E-state index contributed by atoms with van der Waals surface area (Å²) in [7, 11) is 0. The van der Waals surface area contributed by atoms with Gasteiger partial charge in [-0.1, -0.05) is 12.2 Å². The van der Waals surface area contributed by atoms with E-state index in [1.165, 1.54) is 0 Å². The summed E-state index contributed by atoms with van der Waals surface area (Å²) in [4.78, 5) is 10.5. The number of allylic oxidation sites excluding steroid dienone is 1. The molecule has 0 fully saturated rings. The van der Waals surface area contributed by atoms with Crippen LogP contribution < -0.4 is 0 Å². The molecule has 0 spiro atoms. The predicted octanol–water partition coefficient (Wildman–Crippen LogP) is 2.25. The van der Waals surface area contributed by atoms with Crippen LogP contribution in [0.1, 0.15) is 13.8 Å². The zero-order valence-electron chi connectivity index (χ0n) is 6.79. The first kappa shape index (κ1) is 9.75. The Labute approximate surface area is 66.3 Å². The molecule has 0 aliphatic heterocycles. The van der Waals surface area contributed by atoms with E-state index in [1.54, 1.807) is 6.08 Å². The minimum atomic E-state index is -0.725. The molecule has 11 heavy (non-hydrogen) atoms. The van der Waals surface area contributed by atoms with E-state index in [4.69, 9.17) is 0 Å². The largest absolute Gasteiger partial charge is 0.513 e. The van der Waals surface area contributed by atoms with Gasteiger partial charge in [-0.3, -0.25) is 0 Å². The SMILES string of the molecule is C=COC(=O)OCC=C(C)C. The Kier molecular flexibility index (Phi) is 4.90. The first-order valence-electron chi connectivity index (χ1n) is 3.24. The van der Waals surface area contributed by atoms with Crippen LogP contribution in [0.3, 0.4) is 0 Å². The molecule has 0 saturated heterocycles. The summed E-state index contributed by atoms with van der Waals surface area (Å²) >= 11 is 0. The van der Waals surface area contributed by atoms with Crippen molar-refractivity contribution < 1.29 is 14.3 Å². The van der Waals surface area contributed by atoms with Crippen molar-refractivity contribution in [2.75, 3.05) is 6.61 Å². The van der Waals surface area contributed by atoms with Gasteiger partial charge in [-0.05, 0) is 19.9 Å². The average molecular weight is 156 g/mol. The molecule has 0 radical (unpaired) electrons. The van der Waals surface area contributed by atoms with Gasteiger partial charge in [0, 0.05) is 0 Å². The minimum Gasteiger partial charge on any atom is -0.430 e. The van der Waals surface area contributed by atoms with Crippen LogP contribution in [-0.4, -0.2) is 12.8 Å². The van der Waals surface area contributed by atoms with Crippen molar-refractivity contribution in [3.05, 3.63) is 24.5 Å². The van der Waals surface area contributed by atoms with Crippen molar-refractivity contribution in [1.29, 1.82) is 0 Å². The molecule has 0 aromatic carbocycles. The van der Waals surface area contributed by atoms with Gasteiger partial charge in [-0.15, -0.1) is 0 Å². The lowest BCUT2D eigenvalue weighted by molar-refractivity contribution is 0.0945. The highest BCUT2D eigenvalue weighted by Gasteiger charge is 1.97.